The Morgan fingerprint density at radius 1 is 1.00 bits per heavy atom. The van der Waals surface area contributed by atoms with Crippen molar-refractivity contribution in [3.8, 4) is 0 Å². The second-order valence-corrected chi connectivity index (χ2v) is 9.44. The highest BCUT2D eigenvalue weighted by atomic mass is 35.5. The maximum absolute atomic E-state index is 14.6. The zero-order valence-corrected chi connectivity index (χ0v) is 20.7. The number of hydrogen-bond acceptors (Lipinski definition) is 4. The minimum Gasteiger partial charge on any atom is -0.374 e. The molecular formula is C23H13Cl4F4N3O2. The van der Waals surface area contributed by atoms with E-state index in [0.717, 1.165) is 12.1 Å². The Hall–Kier alpha value is -2.72. The van der Waals surface area contributed by atoms with E-state index >= 15 is 0 Å². The first-order valence-electron chi connectivity index (χ1n) is 9.99. The third kappa shape index (κ3) is 5.34. The summed E-state index contributed by atoms with van der Waals surface area (Å²) in [5.41, 5.74) is -2.64. The van der Waals surface area contributed by atoms with Crippen molar-refractivity contribution in [2.45, 2.75) is 17.4 Å². The van der Waals surface area contributed by atoms with Crippen molar-refractivity contribution >= 4 is 69.5 Å². The van der Waals surface area contributed by atoms with E-state index in [1.807, 2.05) is 0 Å². The van der Waals surface area contributed by atoms with E-state index in [-0.39, 0.29) is 43.4 Å². The van der Waals surface area contributed by atoms with Crippen molar-refractivity contribution < 1.29 is 27.2 Å². The molecule has 1 heterocycles. The Kier molecular flexibility index (Phi) is 7.30. The van der Waals surface area contributed by atoms with Gasteiger partial charge in [-0.1, -0.05) is 40.0 Å². The molecule has 0 fully saturated rings. The Morgan fingerprint density at radius 2 is 1.69 bits per heavy atom. The number of benzene rings is 3. The van der Waals surface area contributed by atoms with Crippen molar-refractivity contribution in [2.75, 3.05) is 10.6 Å². The fourth-order valence-corrected chi connectivity index (χ4v) is 4.42. The molecule has 1 aliphatic heterocycles. The largest absolute Gasteiger partial charge is 0.374 e. The molecule has 1 aliphatic rings. The molecule has 0 aliphatic carbocycles. The Morgan fingerprint density at radius 3 is 2.33 bits per heavy atom. The average molecular weight is 581 g/mol. The number of carbonyl (C=O) groups is 1. The Bertz CT molecular complexity index is 1360. The summed E-state index contributed by atoms with van der Waals surface area (Å²) in [6.07, 6.45) is -0.509. The number of amides is 1. The van der Waals surface area contributed by atoms with Crippen LogP contribution in [0.2, 0.25) is 15.1 Å². The van der Waals surface area contributed by atoms with Crippen molar-refractivity contribution in [3.63, 3.8) is 0 Å². The molecule has 0 saturated heterocycles. The molecule has 188 valence electrons. The van der Waals surface area contributed by atoms with Crippen molar-refractivity contribution in [3.05, 3.63) is 92.4 Å². The van der Waals surface area contributed by atoms with Crippen molar-refractivity contribution in [1.82, 2.24) is 0 Å². The minimum atomic E-state index is -3.92. The number of nitrogens with zero attached hydrogens (tertiary/aromatic N) is 1. The van der Waals surface area contributed by atoms with Gasteiger partial charge in [0.05, 0.1) is 22.7 Å². The average Bonchev–Trinajstić information content (AvgIpc) is 3.21. The molecule has 5 nitrogen and oxygen atoms in total. The lowest BCUT2D eigenvalue weighted by atomic mass is 9.90. The van der Waals surface area contributed by atoms with E-state index in [0.29, 0.717) is 6.07 Å². The van der Waals surface area contributed by atoms with Crippen molar-refractivity contribution in [1.29, 1.82) is 0 Å². The van der Waals surface area contributed by atoms with E-state index in [1.54, 1.807) is 0 Å². The van der Waals surface area contributed by atoms with E-state index in [9.17, 15) is 22.4 Å². The molecule has 1 atom stereocenters. The third-order valence-electron chi connectivity index (χ3n) is 5.19. The van der Waals surface area contributed by atoms with Gasteiger partial charge in [0.25, 0.3) is 5.91 Å². The van der Waals surface area contributed by atoms with Gasteiger partial charge in [0.2, 0.25) is 5.60 Å². The molecule has 2 N–H and O–H groups in total. The molecule has 0 saturated carbocycles. The van der Waals surface area contributed by atoms with Crippen LogP contribution < -0.4 is 10.6 Å². The monoisotopic (exact) mass is 579 g/mol. The Labute approximate surface area is 221 Å². The van der Waals surface area contributed by atoms with E-state index in [4.69, 9.17) is 51.2 Å². The maximum Gasteiger partial charge on any atom is 0.368 e. The predicted octanol–water partition coefficient (Wildman–Crippen LogP) is 8.05. The summed E-state index contributed by atoms with van der Waals surface area (Å²) in [6.45, 7) is 0. The van der Waals surface area contributed by atoms with Crippen LogP contribution in [0.25, 0.3) is 0 Å². The molecular weight excluding hydrogens is 568 g/mol. The Balaban J connectivity index is 1.57. The second-order valence-electron chi connectivity index (χ2n) is 7.69. The van der Waals surface area contributed by atoms with Crippen molar-refractivity contribution in [2.24, 2.45) is 5.16 Å². The lowest BCUT2D eigenvalue weighted by Crippen LogP contribution is -2.42. The fraction of sp³-hybridized carbons (Fsp3) is 0.130. The van der Waals surface area contributed by atoms with Crippen LogP contribution in [0, 0.1) is 11.6 Å². The molecule has 0 radical (unpaired) electrons. The number of alkyl halides is 3. The lowest BCUT2D eigenvalue weighted by Gasteiger charge is -2.31. The third-order valence-corrected chi connectivity index (χ3v) is 6.27. The summed E-state index contributed by atoms with van der Waals surface area (Å²) in [5, 5.41) is 5.05. The molecule has 3 aromatic carbocycles. The molecule has 13 heteroatoms. The molecule has 0 bridgehead atoms. The summed E-state index contributed by atoms with van der Waals surface area (Å²) in [4.78, 5) is 17.8. The van der Waals surface area contributed by atoms with Crippen LogP contribution in [0.15, 0.2) is 59.8 Å². The van der Waals surface area contributed by atoms with Crippen LogP contribution in [0.1, 0.15) is 22.3 Å². The first-order chi connectivity index (χ1) is 16.9. The zero-order chi connectivity index (χ0) is 26.3. The SMILES string of the molecule is O=C(Nc1ccc(F)cc1F)c1cc(NC2=NOC(c3cc(Cl)cc(Cl)c3)(C(F)(F)Cl)C2)ccc1Cl. The summed E-state index contributed by atoms with van der Waals surface area (Å²) in [5.74, 6) is -2.64. The normalized spacial score (nSPS) is 17.4. The van der Waals surface area contributed by atoms with Crippen LogP contribution in [0.4, 0.5) is 28.9 Å². The van der Waals surface area contributed by atoms with E-state index in [2.05, 4.69) is 15.8 Å². The molecule has 0 spiro atoms. The van der Waals surface area contributed by atoms with Crippen LogP contribution >= 0.6 is 46.4 Å². The number of nitrogens with one attached hydrogen (secondary N) is 2. The van der Waals surface area contributed by atoms with E-state index in [1.165, 1.54) is 36.4 Å². The van der Waals surface area contributed by atoms with Gasteiger partial charge in [-0.3, -0.25) is 4.79 Å². The molecule has 3 aromatic rings. The maximum atomic E-state index is 14.6. The molecule has 0 aromatic heterocycles. The molecule has 36 heavy (non-hydrogen) atoms. The minimum absolute atomic E-state index is 0.0142. The highest BCUT2D eigenvalue weighted by Gasteiger charge is 2.60. The predicted molar refractivity (Wildman–Crippen MR) is 131 cm³/mol. The summed E-state index contributed by atoms with van der Waals surface area (Å²) >= 11 is 23.5. The van der Waals surface area contributed by atoms with Gasteiger partial charge in [-0.2, -0.15) is 8.78 Å². The van der Waals surface area contributed by atoms with Gasteiger partial charge in [-0.15, -0.1) is 0 Å². The highest BCUT2D eigenvalue weighted by molar-refractivity contribution is 6.35. The van der Waals surface area contributed by atoms with Gasteiger partial charge in [0.15, 0.2) is 5.84 Å². The van der Waals surface area contributed by atoms with Gasteiger partial charge in [-0.25, -0.2) is 8.78 Å². The molecule has 4 rings (SSSR count). The number of oxime groups is 1. The number of carbonyl (C=O) groups excluding carboxylic acids is 1. The number of hydrogen-bond donors (Lipinski definition) is 2. The van der Waals surface area contributed by atoms with Gasteiger partial charge in [0.1, 0.15) is 11.6 Å². The van der Waals surface area contributed by atoms with Gasteiger partial charge < -0.3 is 15.5 Å². The number of rotatable bonds is 5. The van der Waals surface area contributed by atoms with Gasteiger partial charge in [0, 0.05) is 27.4 Å². The van der Waals surface area contributed by atoms with Gasteiger partial charge in [-0.05, 0) is 60.1 Å². The topological polar surface area (TPSA) is 62.7 Å². The van der Waals surface area contributed by atoms with Crippen LogP contribution in [-0.4, -0.2) is 17.1 Å². The van der Waals surface area contributed by atoms with Crippen LogP contribution in [0.5, 0.6) is 0 Å². The highest BCUT2D eigenvalue weighted by Crippen LogP contribution is 2.50. The quantitative estimate of drug-likeness (QED) is 0.237. The van der Waals surface area contributed by atoms with E-state index < -0.39 is 34.9 Å². The number of amidine groups is 1. The van der Waals surface area contributed by atoms with Gasteiger partial charge >= 0.3 is 5.38 Å². The molecule has 1 amide bonds. The molecule has 1 unspecified atom stereocenters. The lowest BCUT2D eigenvalue weighted by molar-refractivity contribution is -0.155. The number of anilines is 2. The number of halogens is 8. The standard InChI is InChI=1S/C23H13Cl4F4N3O2/c24-12-5-11(6-13(25)7-12)22(23(27,30)31)10-20(34-36-22)32-15-2-3-17(26)16(9-15)21(35)33-19-4-1-14(28)8-18(19)29/h1-9H,10H2,(H,32,34)(H,33,35). The summed E-state index contributed by atoms with van der Waals surface area (Å²) in [7, 11) is 0. The fourth-order valence-electron chi connectivity index (χ4n) is 3.48. The zero-order valence-electron chi connectivity index (χ0n) is 17.7. The summed E-state index contributed by atoms with van der Waals surface area (Å²) < 4.78 is 56.2. The smallest absolute Gasteiger partial charge is 0.368 e. The van der Waals surface area contributed by atoms with Crippen LogP contribution in [-0.2, 0) is 10.4 Å². The first-order valence-corrected chi connectivity index (χ1v) is 11.5. The second kappa shape index (κ2) is 9.97. The van der Waals surface area contributed by atoms with Crippen LogP contribution in [0.3, 0.4) is 0 Å². The summed E-state index contributed by atoms with van der Waals surface area (Å²) in [6, 6.07) is 10.6. The first kappa shape index (κ1) is 26.3.